The quantitative estimate of drug-likeness (QED) is 0.386. The fourth-order valence-electron chi connectivity index (χ4n) is 3.52. The van der Waals surface area contributed by atoms with Gasteiger partial charge in [-0.1, -0.05) is 19.1 Å². The molecule has 160 valence electrons. The van der Waals surface area contributed by atoms with Crippen LogP contribution in [0.15, 0.2) is 52.7 Å². The van der Waals surface area contributed by atoms with Crippen molar-refractivity contribution in [3.05, 3.63) is 59.6 Å². The monoisotopic (exact) mass is 412 g/mol. The van der Waals surface area contributed by atoms with Crippen molar-refractivity contribution in [1.82, 2.24) is 9.80 Å². The first-order valence-electron chi connectivity index (χ1n) is 10.1. The molecule has 1 amide bonds. The third kappa shape index (κ3) is 4.57. The number of ether oxygens (including phenoxy) is 1. The van der Waals surface area contributed by atoms with E-state index in [0.29, 0.717) is 36.6 Å². The first-order valence-corrected chi connectivity index (χ1v) is 10.1. The Bertz CT molecular complexity index is 917. The van der Waals surface area contributed by atoms with E-state index in [1.165, 1.54) is 11.2 Å². The zero-order valence-corrected chi connectivity index (χ0v) is 17.6. The molecule has 0 spiro atoms. The molecule has 1 N–H and O–H groups in total. The van der Waals surface area contributed by atoms with Gasteiger partial charge in [-0.05, 0) is 57.7 Å². The van der Waals surface area contributed by atoms with Crippen LogP contribution >= 0.6 is 0 Å². The number of Topliss-reactive ketones (excluding diaryl/α,β-unsaturated/α-hetero) is 1. The first kappa shape index (κ1) is 21.6. The number of rotatable bonds is 9. The maximum atomic E-state index is 12.9. The van der Waals surface area contributed by atoms with E-state index < -0.39 is 17.7 Å². The van der Waals surface area contributed by atoms with Crippen molar-refractivity contribution in [2.24, 2.45) is 0 Å². The van der Waals surface area contributed by atoms with E-state index >= 15 is 0 Å². The van der Waals surface area contributed by atoms with Crippen molar-refractivity contribution < 1.29 is 23.8 Å². The molecule has 0 bridgehead atoms. The van der Waals surface area contributed by atoms with Crippen LogP contribution in [0.2, 0.25) is 0 Å². The summed E-state index contributed by atoms with van der Waals surface area (Å²) in [6, 6.07) is 9.54. The standard InChI is InChI=1S/C23H28N2O5/c1-4-13-29-17-9-5-8-16(15-17)21(26)19-20(18-10-6-14-30-18)25(23(28)22(19)27)12-7-11-24(2)3/h5-6,8-10,14-15,20,26H,4,7,11-13H2,1-3H3/b21-19-. The molecule has 7 nitrogen and oxygen atoms in total. The van der Waals surface area contributed by atoms with Gasteiger partial charge < -0.3 is 24.1 Å². The molecular weight excluding hydrogens is 384 g/mol. The average Bonchev–Trinajstić information content (AvgIpc) is 3.34. The molecule has 1 aromatic heterocycles. The van der Waals surface area contributed by atoms with Crippen LogP contribution in [-0.4, -0.2) is 60.4 Å². The molecular formula is C23H28N2O5. The lowest BCUT2D eigenvalue weighted by Crippen LogP contribution is -2.32. The second-order valence-corrected chi connectivity index (χ2v) is 7.54. The Morgan fingerprint density at radius 3 is 2.70 bits per heavy atom. The highest BCUT2D eigenvalue weighted by Crippen LogP contribution is 2.39. The largest absolute Gasteiger partial charge is 0.507 e. The molecule has 1 saturated heterocycles. The summed E-state index contributed by atoms with van der Waals surface area (Å²) >= 11 is 0. The summed E-state index contributed by atoms with van der Waals surface area (Å²) in [5.74, 6) is -0.532. The third-order valence-electron chi connectivity index (χ3n) is 4.94. The zero-order chi connectivity index (χ0) is 21.7. The van der Waals surface area contributed by atoms with Gasteiger partial charge in [-0.2, -0.15) is 0 Å². The van der Waals surface area contributed by atoms with Crippen molar-refractivity contribution in [2.45, 2.75) is 25.8 Å². The van der Waals surface area contributed by atoms with Crippen LogP contribution in [0.25, 0.3) is 5.76 Å². The smallest absolute Gasteiger partial charge is 0.295 e. The highest BCUT2D eigenvalue weighted by atomic mass is 16.5. The molecule has 7 heteroatoms. The van der Waals surface area contributed by atoms with Gasteiger partial charge in [0.05, 0.1) is 18.4 Å². The Balaban J connectivity index is 2.00. The van der Waals surface area contributed by atoms with Gasteiger partial charge in [0, 0.05) is 12.1 Å². The highest BCUT2D eigenvalue weighted by molar-refractivity contribution is 6.46. The van der Waals surface area contributed by atoms with Crippen molar-refractivity contribution in [3.63, 3.8) is 0 Å². The molecule has 3 rings (SSSR count). The maximum Gasteiger partial charge on any atom is 0.295 e. The Labute approximate surface area is 176 Å². The van der Waals surface area contributed by atoms with Gasteiger partial charge in [-0.15, -0.1) is 0 Å². The average molecular weight is 412 g/mol. The van der Waals surface area contributed by atoms with Crippen molar-refractivity contribution in [2.75, 3.05) is 33.8 Å². The maximum absolute atomic E-state index is 12.9. The number of nitrogens with zero attached hydrogens (tertiary/aromatic N) is 2. The minimum atomic E-state index is -0.762. The van der Waals surface area contributed by atoms with Gasteiger partial charge in [0.2, 0.25) is 0 Å². The summed E-state index contributed by atoms with van der Waals surface area (Å²) < 4.78 is 11.2. The van der Waals surface area contributed by atoms with E-state index in [0.717, 1.165) is 13.0 Å². The number of hydrogen-bond donors (Lipinski definition) is 1. The fraction of sp³-hybridized carbons (Fsp3) is 0.391. The Morgan fingerprint density at radius 1 is 1.23 bits per heavy atom. The molecule has 1 aliphatic heterocycles. The van der Waals surface area contributed by atoms with Gasteiger partial charge in [-0.25, -0.2) is 0 Å². The zero-order valence-electron chi connectivity index (χ0n) is 17.6. The molecule has 1 aliphatic rings. The summed E-state index contributed by atoms with van der Waals surface area (Å²) in [7, 11) is 3.90. The predicted octanol–water partition coefficient (Wildman–Crippen LogP) is 3.44. The summed E-state index contributed by atoms with van der Waals surface area (Å²) in [6.45, 7) is 3.70. The molecule has 1 unspecified atom stereocenters. The number of furan rings is 1. The van der Waals surface area contributed by atoms with Crippen LogP contribution in [0.4, 0.5) is 0 Å². The van der Waals surface area contributed by atoms with E-state index in [1.54, 1.807) is 36.4 Å². The number of carbonyl (C=O) groups is 2. The molecule has 0 aliphatic carbocycles. The Morgan fingerprint density at radius 2 is 2.03 bits per heavy atom. The van der Waals surface area contributed by atoms with Gasteiger partial charge in [0.15, 0.2) is 0 Å². The number of aliphatic hydroxyl groups excluding tert-OH is 1. The number of likely N-dealkylation sites (tertiary alicyclic amines) is 1. The van der Waals surface area contributed by atoms with Crippen LogP contribution in [0, 0.1) is 0 Å². The van der Waals surface area contributed by atoms with E-state index in [4.69, 9.17) is 9.15 Å². The SMILES string of the molecule is CCCOc1cccc(/C(O)=C2/C(=O)C(=O)N(CCCN(C)C)C2c2ccco2)c1. The number of amides is 1. The van der Waals surface area contributed by atoms with Gasteiger partial charge in [0.25, 0.3) is 11.7 Å². The molecule has 2 aromatic rings. The predicted molar refractivity (Wildman–Crippen MR) is 113 cm³/mol. The molecule has 1 atom stereocenters. The van der Waals surface area contributed by atoms with Crippen LogP contribution < -0.4 is 4.74 Å². The van der Waals surface area contributed by atoms with Gasteiger partial charge in [0.1, 0.15) is 23.3 Å². The van der Waals surface area contributed by atoms with E-state index in [9.17, 15) is 14.7 Å². The van der Waals surface area contributed by atoms with Crippen LogP contribution in [0.3, 0.4) is 0 Å². The molecule has 2 heterocycles. The summed E-state index contributed by atoms with van der Waals surface area (Å²) in [5.41, 5.74) is 0.457. The number of ketones is 1. The molecule has 1 aromatic carbocycles. The molecule has 1 fully saturated rings. The van der Waals surface area contributed by atoms with E-state index in [-0.39, 0.29) is 11.3 Å². The first-order chi connectivity index (χ1) is 14.4. The Kier molecular flexibility index (Phi) is 6.95. The van der Waals surface area contributed by atoms with Crippen LogP contribution in [-0.2, 0) is 9.59 Å². The molecule has 0 radical (unpaired) electrons. The Hall–Kier alpha value is -3.06. The molecule has 30 heavy (non-hydrogen) atoms. The van der Waals surface area contributed by atoms with E-state index in [1.807, 2.05) is 25.9 Å². The van der Waals surface area contributed by atoms with Crippen molar-refractivity contribution in [3.8, 4) is 5.75 Å². The summed E-state index contributed by atoms with van der Waals surface area (Å²) in [5, 5.41) is 11.0. The lowest BCUT2D eigenvalue weighted by atomic mass is 9.99. The lowest BCUT2D eigenvalue weighted by Gasteiger charge is -2.24. The second-order valence-electron chi connectivity index (χ2n) is 7.54. The topological polar surface area (TPSA) is 83.2 Å². The van der Waals surface area contributed by atoms with Crippen molar-refractivity contribution >= 4 is 17.4 Å². The second kappa shape index (κ2) is 9.63. The number of hydrogen-bond acceptors (Lipinski definition) is 6. The van der Waals surface area contributed by atoms with Gasteiger partial charge in [-0.3, -0.25) is 9.59 Å². The minimum absolute atomic E-state index is 0.0347. The fourth-order valence-corrected chi connectivity index (χ4v) is 3.52. The van der Waals surface area contributed by atoms with E-state index in [2.05, 4.69) is 0 Å². The minimum Gasteiger partial charge on any atom is -0.507 e. The number of aliphatic hydroxyl groups is 1. The number of carbonyl (C=O) groups excluding carboxylic acids is 2. The van der Waals surface area contributed by atoms with Crippen molar-refractivity contribution in [1.29, 1.82) is 0 Å². The summed E-state index contributed by atoms with van der Waals surface area (Å²) in [6.07, 6.45) is 3.04. The lowest BCUT2D eigenvalue weighted by molar-refractivity contribution is -0.140. The molecule has 0 saturated carbocycles. The third-order valence-corrected chi connectivity index (χ3v) is 4.94. The summed E-state index contributed by atoms with van der Waals surface area (Å²) in [4.78, 5) is 29.2. The van der Waals surface area contributed by atoms with Crippen LogP contribution in [0.1, 0.15) is 37.1 Å². The van der Waals surface area contributed by atoms with Gasteiger partial charge >= 0.3 is 0 Å². The normalized spacial score (nSPS) is 18.4. The number of benzene rings is 1. The van der Waals surface area contributed by atoms with Crippen LogP contribution in [0.5, 0.6) is 5.75 Å². The highest BCUT2D eigenvalue weighted by Gasteiger charge is 2.47.